The van der Waals surface area contributed by atoms with Gasteiger partial charge < -0.3 is 33.9 Å². The van der Waals surface area contributed by atoms with Crippen LogP contribution in [0.15, 0.2) is 0 Å². The summed E-state index contributed by atoms with van der Waals surface area (Å²) in [7, 11) is 0. The van der Waals surface area contributed by atoms with E-state index >= 15 is 0 Å². The molecule has 3 fully saturated rings. The molecule has 25 heavy (non-hydrogen) atoms. The Kier molecular flexibility index (Phi) is 6.71. The Morgan fingerprint density at radius 3 is 1.72 bits per heavy atom. The minimum absolute atomic E-state index is 0.0332. The van der Waals surface area contributed by atoms with Crippen LogP contribution in [0.2, 0.25) is 0 Å². The van der Waals surface area contributed by atoms with Gasteiger partial charge in [0.05, 0.1) is 36.6 Å². The van der Waals surface area contributed by atoms with Gasteiger partial charge in [-0.25, -0.2) is 0 Å². The Balaban J connectivity index is 1.43. The fourth-order valence-corrected chi connectivity index (χ4v) is 3.76. The lowest BCUT2D eigenvalue weighted by atomic mass is 10.0. The van der Waals surface area contributed by atoms with Gasteiger partial charge in [0.25, 0.3) is 0 Å². The average Bonchev–Trinajstić information content (AvgIpc) is 2.56. The molecular formula is C18H32O7. The molecule has 3 rings (SSSR count). The fraction of sp³-hybridized carbons (Fsp3) is 1.00. The van der Waals surface area contributed by atoms with Gasteiger partial charge in [0.1, 0.15) is 0 Å². The number of rotatable bonds is 4. The molecule has 3 aliphatic heterocycles. The Labute approximate surface area is 149 Å². The molecule has 3 heterocycles. The minimum Gasteiger partial charge on any atom is -0.390 e. The molecule has 3 saturated heterocycles. The lowest BCUT2D eigenvalue weighted by Crippen LogP contribution is -2.47. The third-order valence-electron chi connectivity index (χ3n) is 5.43. The van der Waals surface area contributed by atoms with Crippen molar-refractivity contribution in [3.05, 3.63) is 0 Å². The summed E-state index contributed by atoms with van der Waals surface area (Å²) in [5.74, 6) is 0. The molecule has 9 atom stereocenters. The van der Waals surface area contributed by atoms with Gasteiger partial charge in [-0.15, -0.1) is 0 Å². The maximum absolute atomic E-state index is 9.73. The highest BCUT2D eigenvalue weighted by Gasteiger charge is 2.37. The summed E-state index contributed by atoms with van der Waals surface area (Å²) in [6, 6.07) is 0. The van der Waals surface area contributed by atoms with Crippen LogP contribution < -0.4 is 0 Å². The monoisotopic (exact) mass is 360 g/mol. The molecule has 7 nitrogen and oxygen atoms in total. The van der Waals surface area contributed by atoms with Gasteiger partial charge in [-0.1, -0.05) is 0 Å². The Bertz CT molecular complexity index is 420. The molecule has 9 unspecified atom stereocenters. The second-order valence-electron chi connectivity index (χ2n) is 7.49. The zero-order chi connectivity index (χ0) is 18.0. The minimum atomic E-state index is -0.685. The first-order chi connectivity index (χ1) is 11.9. The quantitative estimate of drug-likeness (QED) is 0.789. The van der Waals surface area contributed by atoms with Crippen molar-refractivity contribution in [2.24, 2.45) is 0 Å². The zero-order valence-electron chi connectivity index (χ0n) is 15.4. The first kappa shape index (κ1) is 19.5. The summed E-state index contributed by atoms with van der Waals surface area (Å²) in [6.45, 7) is 5.78. The highest BCUT2D eigenvalue weighted by Crippen LogP contribution is 2.30. The van der Waals surface area contributed by atoms with E-state index in [0.29, 0.717) is 19.3 Å². The van der Waals surface area contributed by atoms with Crippen molar-refractivity contribution in [2.45, 2.75) is 115 Å². The van der Waals surface area contributed by atoms with E-state index in [4.69, 9.17) is 23.7 Å². The molecule has 0 aromatic heterocycles. The van der Waals surface area contributed by atoms with Crippen LogP contribution >= 0.6 is 0 Å². The summed E-state index contributed by atoms with van der Waals surface area (Å²) in [4.78, 5) is 0. The molecule has 7 heteroatoms. The van der Waals surface area contributed by atoms with E-state index in [1.807, 2.05) is 20.8 Å². The summed E-state index contributed by atoms with van der Waals surface area (Å²) in [5.41, 5.74) is 0. The van der Waals surface area contributed by atoms with E-state index in [0.717, 1.165) is 19.3 Å². The van der Waals surface area contributed by atoms with E-state index in [9.17, 15) is 10.2 Å². The first-order valence-corrected chi connectivity index (χ1v) is 9.55. The van der Waals surface area contributed by atoms with Crippen LogP contribution in [0, 0.1) is 0 Å². The second kappa shape index (κ2) is 8.61. The van der Waals surface area contributed by atoms with Gasteiger partial charge in [0.15, 0.2) is 18.9 Å². The van der Waals surface area contributed by atoms with Crippen molar-refractivity contribution in [1.82, 2.24) is 0 Å². The van der Waals surface area contributed by atoms with Gasteiger partial charge >= 0.3 is 0 Å². The van der Waals surface area contributed by atoms with E-state index in [1.54, 1.807) is 0 Å². The van der Waals surface area contributed by atoms with Gasteiger partial charge in [0, 0.05) is 19.3 Å². The van der Waals surface area contributed by atoms with Gasteiger partial charge in [-0.05, 0) is 40.0 Å². The number of hydrogen-bond donors (Lipinski definition) is 2. The number of aliphatic hydroxyl groups excluding tert-OH is 2. The Morgan fingerprint density at radius 2 is 1.16 bits per heavy atom. The molecule has 146 valence electrons. The SMILES string of the molecule is CC1OC(OC2CCC(OC3CCC(O)OC3C)OC2C)CCC1O. The van der Waals surface area contributed by atoms with E-state index in [1.165, 1.54) is 0 Å². The van der Waals surface area contributed by atoms with E-state index < -0.39 is 12.4 Å². The fourth-order valence-electron chi connectivity index (χ4n) is 3.76. The Hall–Kier alpha value is -0.280. The molecule has 0 aromatic carbocycles. The molecule has 0 bridgehead atoms. The van der Waals surface area contributed by atoms with E-state index in [2.05, 4.69) is 0 Å². The lowest BCUT2D eigenvalue weighted by molar-refractivity contribution is -0.300. The van der Waals surface area contributed by atoms with Gasteiger partial charge in [0.2, 0.25) is 0 Å². The smallest absolute Gasteiger partial charge is 0.158 e. The number of aliphatic hydroxyl groups is 2. The van der Waals surface area contributed by atoms with E-state index in [-0.39, 0.29) is 43.1 Å². The summed E-state index contributed by atoms with van der Waals surface area (Å²) < 4.78 is 29.3. The van der Waals surface area contributed by atoms with Gasteiger partial charge in [-0.3, -0.25) is 0 Å². The van der Waals surface area contributed by atoms with Crippen LogP contribution in [0.4, 0.5) is 0 Å². The zero-order valence-corrected chi connectivity index (χ0v) is 15.4. The Morgan fingerprint density at radius 1 is 0.640 bits per heavy atom. The van der Waals surface area contributed by atoms with Crippen LogP contribution in [-0.4, -0.2) is 65.7 Å². The van der Waals surface area contributed by atoms with Crippen LogP contribution in [-0.2, 0) is 23.7 Å². The van der Waals surface area contributed by atoms with Crippen LogP contribution in [0.5, 0.6) is 0 Å². The second-order valence-corrected chi connectivity index (χ2v) is 7.49. The van der Waals surface area contributed by atoms with Crippen molar-refractivity contribution < 1.29 is 33.9 Å². The van der Waals surface area contributed by atoms with Crippen molar-refractivity contribution in [3.63, 3.8) is 0 Å². The third-order valence-corrected chi connectivity index (χ3v) is 5.43. The molecule has 0 saturated carbocycles. The predicted octanol–water partition coefficient (Wildman–Crippen LogP) is 1.68. The molecule has 3 aliphatic rings. The van der Waals surface area contributed by atoms with Crippen LogP contribution in [0.25, 0.3) is 0 Å². The molecular weight excluding hydrogens is 328 g/mol. The number of ether oxygens (including phenoxy) is 5. The molecule has 0 aromatic rings. The van der Waals surface area contributed by atoms with Crippen molar-refractivity contribution >= 4 is 0 Å². The topological polar surface area (TPSA) is 86.6 Å². The van der Waals surface area contributed by atoms with Crippen LogP contribution in [0.3, 0.4) is 0 Å². The maximum atomic E-state index is 9.73. The molecule has 0 aliphatic carbocycles. The van der Waals surface area contributed by atoms with Crippen molar-refractivity contribution in [3.8, 4) is 0 Å². The predicted molar refractivity (Wildman–Crippen MR) is 88.7 cm³/mol. The summed E-state index contributed by atoms with van der Waals surface area (Å²) in [6.07, 6.45) is 2.21. The third kappa shape index (κ3) is 5.13. The first-order valence-electron chi connectivity index (χ1n) is 9.55. The normalized spacial score (nSPS) is 49.1. The van der Waals surface area contributed by atoms with Crippen LogP contribution in [0.1, 0.15) is 59.3 Å². The molecule has 0 radical (unpaired) electrons. The standard InChI is InChI=1S/C18H32O7/c1-10-13(19)4-8-17(22-10)25-15-6-9-18(23-12(15)3)24-14-5-7-16(20)21-11(14)2/h10-20H,4-9H2,1-3H3. The maximum Gasteiger partial charge on any atom is 0.158 e. The molecule has 2 N–H and O–H groups in total. The molecule has 0 spiro atoms. The average molecular weight is 360 g/mol. The highest BCUT2D eigenvalue weighted by molar-refractivity contribution is 4.79. The van der Waals surface area contributed by atoms with Gasteiger partial charge in [-0.2, -0.15) is 0 Å². The van der Waals surface area contributed by atoms with Crippen molar-refractivity contribution in [2.75, 3.05) is 0 Å². The summed E-state index contributed by atoms with van der Waals surface area (Å²) >= 11 is 0. The molecule has 0 amide bonds. The lowest BCUT2D eigenvalue weighted by Gasteiger charge is -2.41. The number of hydrogen-bond acceptors (Lipinski definition) is 7. The van der Waals surface area contributed by atoms with Crippen molar-refractivity contribution in [1.29, 1.82) is 0 Å². The largest absolute Gasteiger partial charge is 0.390 e. The highest BCUT2D eigenvalue weighted by atomic mass is 16.7. The summed E-state index contributed by atoms with van der Waals surface area (Å²) in [5, 5.41) is 19.3.